The molecule has 0 aliphatic rings. The Labute approximate surface area is 108 Å². The van der Waals surface area contributed by atoms with Gasteiger partial charge >= 0.3 is 0 Å². The third-order valence-corrected chi connectivity index (χ3v) is 2.74. The maximum absolute atomic E-state index is 13.3. The van der Waals surface area contributed by atoms with Crippen LogP contribution in [0.1, 0.15) is 25.3 Å². The number of halogens is 1. The van der Waals surface area contributed by atoms with Crippen LogP contribution in [0, 0.1) is 5.82 Å². The first-order valence-corrected chi connectivity index (χ1v) is 6.40. The molecule has 0 amide bonds. The van der Waals surface area contributed by atoms with Gasteiger partial charge in [-0.3, -0.25) is 0 Å². The molecule has 1 rings (SSSR count). The Balaban J connectivity index is 2.19. The van der Waals surface area contributed by atoms with Crippen molar-refractivity contribution in [3.05, 3.63) is 35.6 Å². The monoisotopic (exact) mass is 254 g/mol. The van der Waals surface area contributed by atoms with Crippen LogP contribution in [-0.2, 0) is 6.42 Å². The van der Waals surface area contributed by atoms with Gasteiger partial charge in [-0.15, -0.1) is 0 Å². The smallest absolute Gasteiger partial charge is 0.166 e. The molecule has 4 heteroatoms. The number of rotatable bonds is 6. The highest BCUT2D eigenvalue weighted by Gasteiger charge is 2.00. The average Bonchev–Trinajstić information content (AvgIpc) is 2.32. The van der Waals surface area contributed by atoms with Crippen LogP contribution in [0.2, 0.25) is 0 Å². The van der Waals surface area contributed by atoms with Crippen LogP contribution in [0.5, 0.6) is 0 Å². The molecule has 0 aliphatic carbocycles. The van der Waals surface area contributed by atoms with Gasteiger partial charge in [0.25, 0.3) is 0 Å². The molecular weight excluding hydrogens is 235 g/mol. The Morgan fingerprint density at radius 3 is 2.65 bits per heavy atom. The fourth-order valence-corrected chi connectivity index (χ4v) is 1.66. The van der Waals surface area contributed by atoms with Crippen molar-refractivity contribution in [1.29, 1.82) is 0 Å². The molecule has 0 spiro atoms. The van der Waals surface area contributed by atoms with E-state index in [1.807, 2.05) is 6.07 Å². The first kappa shape index (κ1) is 13.9. The third kappa shape index (κ3) is 5.63. The van der Waals surface area contributed by atoms with Crippen LogP contribution < -0.4 is 10.6 Å². The van der Waals surface area contributed by atoms with Crippen molar-refractivity contribution in [2.24, 2.45) is 0 Å². The minimum absolute atomic E-state index is 0.154. The Hall–Kier alpha value is -1.16. The summed E-state index contributed by atoms with van der Waals surface area (Å²) in [5, 5.41) is 6.83. The first-order valence-electron chi connectivity index (χ1n) is 5.99. The molecule has 0 radical (unpaired) electrons. The van der Waals surface area contributed by atoms with Gasteiger partial charge in [-0.1, -0.05) is 31.5 Å². The molecular formula is C13H19FN2S. The maximum Gasteiger partial charge on any atom is 0.166 e. The van der Waals surface area contributed by atoms with Gasteiger partial charge < -0.3 is 10.6 Å². The van der Waals surface area contributed by atoms with Gasteiger partial charge in [0.1, 0.15) is 5.82 Å². The lowest BCUT2D eigenvalue weighted by Gasteiger charge is -2.10. The van der Waals surface area contributed by atoms with Crippen LogP contribution in [0.3, 0.4) is 0 Å². The highest BCUT2D eigenvalue weighted by Crippen LogP contribution is 2.05. The second-order valence-electron chi connectivity index (χ2n) is 3.88. The Morgan fingerprint density at radius 2 is 1.94 bits per heavy atom. The minimum atomic E-state index is -0.154. The Morgan fingerprint density at radius 1 is 1.24 bits per heavy atom. The van der Waals surface area contributed by atoms with E-state index in [0.29, 0.717) is 18.1 Å². The van der Waals surface area contributed by atoms with Crippen molar-refractivity contribution >= 4 is 17.3 Å². The van der Waals surface area contributed by atoms with E-state index in [0.717, 1.165) is 24.9 Å². The van der Waals surface area contributed by atoms with Crippen molar-refractivity contribution in [2.75, 3.05) is 13.1 Å². The molecule has 0 fully saturated rings. The summed E-state index contributed by atoms with van der Waals surface area (Å²) in [7, 11) is 0. The van der Waals surface area contributed by atoms with E-state index in [4.69, 9.17) is 12.2 Å². The second-order valence-corrected chi connectivity index (χ2v) is 4.29. The lowest BCUT2D eigenvalue weighted by molar-refractivity contribution is 0.607. The van der Waals surface area contributed by atoms with Crippen molar-refractivity contribution < 1.29 is 4.39 Å². The average molecular weight is 254 g/mol. The summed E-state index contributed by atoms with van der Waals surface area (Å²) in [6.45, 7) is 3.68. The van der Waals surface area contributed by atoms with E-state index >= 15 is 0 Å². The van der Waals surface area contributed by atoms with E-state index in [9.17, 15) is 4.39 Å². The minimum Gasteiger partial charge on any atom is -0.363 e. The number of hydrogen-bond donors (Lipinski definition) is 2. The Bertz CT molecular complexity index is 355. The molecule has 0 heterocycles. The zero-order valence-corrected chi connectivity index (χ0v) is 10.9. The topological polar surface area (TPSA) is 24.1 Å². The largest absolute Gasteiger partial charge is 0.363 e. The SMILES string of the molecule is CCCCNC(=S)NCCc1ccccc1F. The highest BCUT2D eigenvalue weighted by molar-refractivity contribution is 7.80. The van der Waals surface area contributed by atoms with Gasteiger partial charge in [-0.05, 0) is 36.7 Å². The predicted molar refractivity (Wildman–Crippen MR) is 73.6 cm³/mol. The number of benzene rings is 1. The molecule has 0 aliphatic heterocycles. The fourth-order valence-electron chi connectivity index (χ4n) is 1.45. The number of unbranched alkanes of at least 4 members (excludes halogenated alkanes) is 1. The molecule has 1 aromatic rings. The lowest BCUT2D eigenvalue weighted by Crippen LogP contribution is -2.36. The highest BCUT2D eigenvalue weighted by atomic mass is 32.1. The van der Waals surface area contributed by atoms with E-state index < -0.39 is 0 Å². The number of thiocarbonyl (C=S) groups is 1. The summed E-state index contributed by atoms with van der Waals surface area (Å²) in [6.07, 6.45) is 2.89. The van der Waals surface area contributed by atoms with Crippen molar-refractivity contribution in [2.45, 2.75) is 26.2 Å². The van der Waals surface area contributed by atoms with Crippen LogP contribution >= 0.6 is 12.2 Å². The number of nitrogens with one attached hydrogen (secondary N) is 2. The van der Waals surface area contributed by atoms with Gasteiger partial charge in [0.2, 0.25) is 0 Å². The van der Waals surface area contributed by atoms with Gasteiger partial charge in [0.05, 0.1) is 0 Å². The normalized spacial score (nSPS) is 10.0. The van der Waals surface area contributed by atoms with Crippen LogP contribution in [-0.4, -0.2) is 18.2 Å². The molecule has 0 bridgehead atoms. The third-order valence-electron chi connectivity index (χ3n) is 2.45. The van der Waals surface area contributed by atoms with E-state index in [2.05, 4.69) is 17.6 Å². The molecule has 0 saturated carbocycles. The van der Waals surface area contributed by atoms with Gasteiger partial charge in [0.15, 0.2) is 5.11 Å². The molecule has 2 nitrogen and oxygen atoms in total. The summed E-state index contributed by atoms with van der Waals surface area (Å²) < 4.78 is 13.3. The number of hydrogen-bond acceptors (Lipinski definition) is 1. The van der Waals surface area contributed by atoms with Crippen molar-refractivity contribution in [3.8, 4) is 0 Å². The second kappa shape index (κ2) is 8.01. The fraction of sp³-hybridized carbons (Fsp3) is 0.462. The molecule has 0 aromatic heterocycles. The van der Waals surface area contributed by atoms with E-state index in [-0.39, 0.29) is 5.82 Å². The standard InChI is InChI=1S/C13H19FN2S/c1-2-3-9-15-13(17)16-10-8-11-6-4-5-7-12(11)14/h4-7H,2-3,8-10H2,1H3,(H2,15,16,17). The molecule has 0 unspecified atom stereocenters. The quantitative estimate of drug-likeness (QED) is 0.603. The van der Waals surface area contributed by atoms with Crippen molar-refractivity contribution in [1.82, 2.24) is 10.6 Å². The molecule has 0 saturated heterocycles. The molecule has 2 N–H and O–H groups in total. The molecule has 1 aromatic carbocycles. The summed E-state index contributed by atoms with van der Waals surface area (Å²) in [6, 6.07) is 6.82. The zero-order valence-electron chi connectivity index (χ0n) is 10.1. The lowest BCUT2D eigenvalue weighted by atomic mass is 10.1. The van der Waals surface area contributed by atoms with Gasteiger partial charge in [0, 0.05) is 13.1 Å². The van der Waals surface area contributed by atoms with Crippen LogP contribution in [0.25, 0.3) is 0 Å². The molecule has 0 atom stereocenters. The first-order chi connectivity index (χ1) is 8.24. The predicted octanol–water partition coefficient (Wildman–Crippen LogP) is 2.63. The summed E-state index contributed by atoms with van der Waals surface area (Å²) in [5.74, 6) is -0.154. The van der Waals surface area contributed by atoms with Gasteiger partial charge in [-0.25, -0.2) is 4.39 Å². The summed E-state index contributed by atoms with van der Waals surface area (Å²) in [5.41, 5.74) is 0.719. The van der Waals surface area contributed by atoms with Crippen LogP contribution in [0.4, 0.5) is 4.39 Å². The molecule has 17 heavy (non-hydrogen) atoms. The Kier molecular flexibility index (Phi) is 6.55. The van der Waals surface area contributed by atoms with Crippen molar-refractivity contribution in [3.63, 3.8) is 0 Å². The van der Waals surface area contributed by atoms with Gasteiger partial charge in [-0.2, -0.15) is 0 Å². The molecule has 94 valence electrons. The summed E-state index contributed by atoms with van der Waals surface area (Å²) >= 11 is 5.10. The van der Waals surface area contributed by atoms with E-state index in [1.54, 1.807) is 12.1 Å². The van der Waals surface area contributed by atoms with Crippen LogP contribution in [0.15, 0.2) is 24.3 Å². The maximum atomic E-state index is 13.3. The van der Waals surface area contributed by atoms with E-state index in [1.165, 1.54) is 6.07 Å². The summed E-state index contributed by atoms with van der Waals surface area (Å²) in [4.78, 5) is 0. The zero-order chi connectivity index (χ0) is 12.5.